The molecule has 2 N–H and O–H groups in total. The van der Waals surface area contributed by atoms with Crippen LogP contribution in [0.3, 0.4) is 0 Å². The van der Waals surface area contributed by atoms with E-state index in [4.69, 9.17) is 9.47 Å². The van der Waals surface area contributed by atoms with Crippen LogP contribution >= 0.6 is 12.4 Å². The standard InChI is InChI=1S/C15H26N2O3.ClH/c1-10(20-9-14-3-2-6-19-14)15(18)17-13-7-11-4-5-12(8-13)16-11;/h10-14,16H,2-9H2,1H3,(H,17,18);1H. The Kier molecular flexibility index (Phi) is 6.29. The molecule has 122 valence electrons. The number of fused-ring (bicyclic) bond motifs is 2. The van der Waals surface area contributed by atoms with E-state index in [1.54, 1.807) is 0 Å². The highest BCUT2D eigenvalue weighted by molar-refractivity contribution is 5.85. The molecule has 3 rings (SSSR count). The van der Waals surface area contributed by atoms with Crippen LogP contribution in [-0.4, -0.2) is 49.5 Å². The van der Waals surface area contributed by atoms with E-state index in [1.165, 1.54) is 12.8 Å². The summed E-state index contributed by atoms with van der Waals surface area (Å²) in [4.78, 5) is 12.2. The molecule has 0 radical (unpaired) electrons. The third-order valence-corrected chi connectivity index (χ3v) is 4.74. The van der Waals surface area contributed by atoms with Gasteiger partial charge in [-0.1, -0.05) is 0 Å². The number of hydrogen-bond acceptors (Lipinski definition) is 4. The molecule has 1 amide bonds. The Balaban J connectivity index is 0.00000161. The number of piperidine rings is 1. The van der Waals surface area contributed by atoms with Crippen molar-refractivity contribution in [2.24, 2.45) is 0 Å². The number of nitrogens with one attached hydrogen (secondary N) is 2. The summed E-state index contributed by atoms with van der Waals surface area (Å²) < 4.78 is 11.2. The molecule has 3 heterocycles. The summed E-state index contributed by atoms with van der Waals surface area (Å²) in [6.07, 6.45) is 6.57. The van der Waals surface area contributed by atoms with Crippen molar-refractivity contribution >= 4 is 18.3 Å². The fourth-order valence-corrected chi connectivity index (χ4v) is 3.60. The third-order valence-electron chi connectivity index (χ3n) is 4.74. The van der Waals surface area contributed by atoms with Gasteiger partial charge in [0.15, 0.2) is 0 Å². The maximum Gasteiger partial charge on any atom is 0.249 e. The zero-order valence-corrected chi connectivity index (χ0v) is 13.5. The van der Waals surface area contributed by atoms with Crippen molar-refractivity contribution in [3.63, 3.8) is 0 Å². The molecule has 0 aromatic rings. The zero-order valence-electron chi connectivity index (χ0n) is 12.7. The predicted molar refractivity (Wildman–Crippen MR) is 82.7 cm³/mol. The molecule has 21 heavy (non-hydrogen) atoms. The first-order valence-electron chi connectivity index (χ1n) is 8.00. The van der Waals surface area contributed by atoms with E-state index in [2.05, 4.69) is 10.6 Å². The Bertz CT molecular complexity index is 338. The molecule has 5 nitrogen and oxygen atoms in total. The second kappa shape index (κ2) is 7.77. The molecule has 0 aromatic heterocycles. The Morgan fingerprint density at radius 1 is 1.33 bits per heavy atom. The third kappa shape index (κ3) is 4.55. The van der Waals surface area contributed by atoms with Crippen LogP contribution in [0.4, 0.5) is 0 Å². The molecule has 4 unspecified atom stereocenters. The van der Waals surface area contributed by atoms with E-state index in [0.29, 0.717) is 24.7 Å². The summed E-state index contributed by atoms with van der Waals surface area (Å²) in [6.45, 7) is 3.19. The molecule has 0 spiro atoms. The first-order chi connectivity index (χ1) is 9.70. The van der Waals surface area contributed by atoms with Gasteiger partial charge >= 0.3 is 0 Å². The van der Waals surface area contributed by atoms with Gasteiger partial charge in [0.05, 0.1) is 12.7 Å². The number of carbonyl (C=O) groups excluding carboxylic acids is 1. The average Bonchev–Trinajstić information content (AvgIpc) is 3.06. The van der Waals surface area contributed by atoms with Crippen LogP contribution in [0, 0.1) is 0 Å². The molecule has 6 heteroatoms. The number of hydrogen-bond donors (Lipinski definition) is 2. The van der Waals surface area contributed by atoms with Gasteiger partial charge in [0.2, 0.25) is 5.91 Å². The van der Waals surface area contributed by atoms with Crippen molar-refractivity contribution in [1.29, 1.82) is 0 Å². The molecule has 2 bridgehead atoms. The molecule has 0 aliphatic carbocycles. The molecule has 3 aliphatic rings. The number of amides is 1. The lowest BCUT2D eigenvalue weighted by molar-refractivity contribution is -0.134. The summed E-state index contributed by atoms with van der Waals surface area (Å²) in [7, 11) is 0. The highest BCUT2D eigenvalue weighted by Gasteiger charge is 2.34. The largest absolute Gasteiger partial charge is 0.376 e. The van der Waals surface area contributed by atoms with Crippen molar-refractivity contribution in [2.45, 2.75) is 75.8 Å². The minimum atomic E-state index is -0.383. The fourth-order valence-electron chi connectivity index (χ4n) is 3.60. The summed E-state index contributed by atoms with van der Waals surface area (Å²) >= 11 is 0. The molecule has 4 atom stereocenters. The second-order valence-electron chi connectivity index (χ2n) is 6.43. The van der Waals surface area contributed by atoms with Gasteiger partial charge in [-0.15, -0.1) is 12.4 Å². The van der Waals surface area contributed by atoms with Crippen LogP contribution in [0.15, 0.2) is 0 Å². The van der Waals surface area contributed by atoms with Crippen LogP contribution < -0.4 is 10.6 Å². The minimum Gasteiger partial charge on any atom is -0.376 e. The Hall–Kier alpha value is -0.360. The minimum absolute atomic E-state index is 0. The van der Waals surface area contributed by atoms with Crippen LogP contribution in [0.5, 0.6) is 0 Å². The zero-order chi connectivity index (χ0) is 13.9. The predicted octanol–water partition coefficient (Wildman–Crippen LogP) is 1.39. The maximum atomic E-state index is 12.2. The second-order valence-corrected chi connectivity index (χ2v) is 6.43. The molecular weight excluding hydrogens is 292 g/mol. The molecule has 0 aromatic carbocycles. The van der Waals surface area contributed by atoms with Gasteiger partial charge in [-0.25, -0.2) is 0 Å². The topological polar surface area (TPSA) is 59.6 Å². The lowest BCUT2D eigenvalue weighted by atomic mass is 9.99. The van der Waals surface area contributed by atoms with Crippen LogP contribution in [0.2, 0.25) is 0 Å². The van der Waals surface area contributed by atoms with Gasteiger partial charge in [0, 0.05) is 24.7 Å². The molecule has 3 aliphatic heterocycles. The highest BCUT2D eigenvalue weighted by Crippen LogP contribution is 2.26. The van der Waals surface area contributed by atoms with E-state index >= 15 is 0 Å². The summed E-state index contributed by atoms with van der Waals surface area (Å²) in [5.74, 6) is 0.0225. The molecule has 0 saturated carbocycles. The summed E-state index contributed by atoms with van der Waals surface area (Å²) in [5.41, 5.74) is 0. The number of carbonyl (C=O) groups is 1. The van der Waals surface area contributed by atoms with Gasteiger partial charge in [0.25, 0.3) is 0 Å². The van der Waals surface area contributed by atoms with E-state index in [9.17, 15) is 4.79 Å². The number of ether oxygens (including phenoxy) is 2. The molecule has 3 saturated heterocycles. The van der Waals surface area contributed by atoms with Crippen LogP contribution in [-0.2, 0) is 14.3 Å². The Labute approximate surface area is 132 Å². The van der Waals surface area contributed by atoms with Gasteiger partial charge < -0.3 is 20.1 Å². The van der Waals surface area contributed by atoms with Crippen LogP contribution in [0.1, 0.15) is 45.4 Å². The van der Waals surface area contributed by atoms with E-state index < -0.39 is 0 Å². The van der Waals surface area contributed by atoms with Gasteiger partial charge in [-0.05, 0) is 45.4 Å². The highest BCUT2D eigenvalue weighted by atomic mass is 35.5. The quantitative estimate of drug-likeness (QED) is 0.804. The first kappa shape index (κ1) is 17.0. The SMILES string of the molecule is CC(OCC1CCCO1)C(=O)NC1CC2CCC(C1)N2.Cl. The maximum absolute atomic E-state index is 12.2. The van der Waals surface area contributed by atoms with Crippen molar-refractivity contribution < 1.29 is 14.3 Å². The van der Waals surface area contributed by atoms with Crippen molar-refractivity contribution in [3.8, 4) is 0 Å². The lowest BCUT2D eigenvalue weighted by Crippen LogP contribution is -2.50. The summed E-state index contributed by atoms with van der Waals surface area (Å²) in [6, 6.07) is 1.51. The fraction of sp³-hybridized carbons (Fsp3) is 0.933. The van der Waals surface area contributed by atoms with Gasteiger partial charge in [-0.2, -0.15) is 0 Å². The smallest absolute Gasteiger partial charge is 0.249 e. The Morgan fingerprint density at radius 3 is 2.67 bits per heavy atom. The number of rotatable bonds is 5. The van der Waals surface area contributed by atoms with E-state index in [-0.39, 0.29) is 30.5 Å². The normalized spacial score (nSPS) is 36.0. The van der Waals surface area contributed by atoms with E-state index in [1.807, 2.05) is 6.92 Å². The Morgan fingerprint density at radius 2 is 2.05 bits per heavy atom. The monoisotopic (exact) mass is 318 g/mol. The van der Waals surface area contributed by atoms with E-state index in [0.717, 1.165) is 32.3 Å². The number of halogens is 1. The molecular formula is C15H27ClN2O3. The molecule has 3 fully saturated rings. The van der Waals surface area contributed by atoms with Crippen LogP contribution in [0.25, 0.3) is 0 Å². The van der Waals surface area contributed by atoms with Gasteiger partial charge in [0.1, 0.15) is 6.10 Å². The van der Waals surface area contributed by atoms with Crippen molar-refractivity contribution in [1.82, 2.24) is 10.6 Å². The van der Waals surface area contributed by atoms with Gasteiger partial charge in [-0.3, -0.25) is 4.79 Å². The van der Waals surface area contributed by atoms with Crippen molar-refractivity contribution in [2.75, 3.05) is 13.2 Å². The van der Waals surface area contributed by atoms with Crippen molar-refractivity contribution in [3.05, 3.63) is 0 Å². The summed E-state index contributed by atoms with van der Waals surface area (Å²) in [5, 5.41) is 6.74. The lowest BCUT2D eigenvalue weighted by Gasteiger charge is -2.30. The first-order valence-corrected chi connectivity index (χ1v) is 8.00. The average molecular weight is 319 g/mol.